The zero-order valence-electron chi connectivity index (χ0n) is 46.1. The first-order valence-electron chi connectivity index (χ1n) is 30.3. The molecule has 0 radical (unpaired) electrons. The molecule has 4 heteroatoms. The molecule has 2 atom stereocenters. The molecule has 0 saturated carbocycles. The molecule has 0 fully saturated rings. The maximum atomic E-state index is 12.5. The summed E-state index contributed by atoms with van der Waals surface area (Å²) in [5, 5.41) is 23.4. The third-order valence-corrected chi connectivity index (χ3v) is 13.7. The van der Waals surface area contributed by atoms with Crippen LogP contribution in [0.25, 0.3) is 0 Å². The van der Waals surface area contributed by atoms with Crippen LogP contribution in [0.3, 0.4) is 0 Å². The number of amides is 1. The maximum Gasteiger partial charge on any atom is 0.220 e. The summed E-state index contributed by atoms with van der Waals surface area (Å²) in [6, 6.07) is -0.562. The summed E-state index contributed by atoms with van der Waals surface area (Å²) in [5.74, 6) is -0.0627. The van der Waals surface area contributed by atoms with Crippen molar-refractivity contribution in [3.63, 3.8) is 0 Å². The summed E-state index contributed by atoms with van der Waals surface area (Å²) in [6.45, 7) is 4.25. The fraction of sp³-hybridized carbons (Fsp3) is 0.769. The van der Waals surface area contributed by atoms with E-state index in [2.05, 4.69) is 104 Å². The molecular weight excluding hydrogens is 843 g/mol. The van der Waals surface area contributed by atoms with Crippen molar-refractivity contribution in [2.75, 3.05) is 6.61 Å². The second-order valence-corrected chi connectivity index (χ2v) is 20.4. The number of carbonyl (C=O) groups excluding carboxylic acids is 1. The Morgan fingerprint density at radius 3 is 0.942 bits per heavy atom. The second kappa shape index (κ2) is 59.9. The normalized spacial score (nSPS) is 13.4. The minimum absolute atomic E-state index is 0.0627. The average Bonchev–Trinajstić information content (AvgIpc) is 3.35. The van der Waals surface area contributed by atoms with Gasteiger partial charge in [0, 0.05) is 6.42 Å². The molecule has 0 spiro atoms. The van der Waals surface area contributed by atoms with Gasteiger partial charge in [-0.3, -0.25) is 4.79 Å². The Bertz CT molecular complexity index is 1230. The molecule has 0 saturated heterocycles. The predicted molar refractivity (Wildman–Crippen MR) is 308 cm³/mol. The van der Waals surface area contributed by atoms with Gasteiger partial charge in [-0.25, -0.2) is 0 Å². The summed E-state index contributed by atoms with van der Waals surface area (Å²) in [6.07, 6.45) is 87.4. The van der Waals surface area contributed by atoms with Crippen LogP contribution in [0.4, 0.5) is 0 Å². The third kappa shape index (κ3) is 56.4. The Hall–Kier alpha value is -2.43. The van der Waals surface area contributed by atoms with Gasteiger partial charge < -0.3 is 15.5 Å². The molecule has 0 bridgehead atoms. The van der Waals surface area contributed by atoms with E-state index in [4.69, 9.17) is 0 Å². The summed E-state index contributed by atoms with van der Waals surface area (Å²) in [4.78, 5) is 12.5. The van der Waals surface area contributed by atoms with Gasteiger partial charge in [0.15, 0.2) is 0 Å². The largest absolute Gasteiger partial charge is 0.394 e. The second-order valence-electron chi connectivity index (χ2n) is 20.4. The highest BCUT2D eigenvalue weighted by molar-refractivity contribution is 5.76. The van der Waals surface area contributed by atoms with E-state index in [1.54, 1.807) is 0 Å². The van der Waals surface area contributed by atoms with E-state index in [9.17, 15) is 15.0 Å². The van der Waals surface area contributed by atoms with Crippen LogP contribution in [-0.4, -0.2) is 34.9 Å². The van der Waals surface area contributed by atoms with Crippen LogP contribution < -0.4 is 5.32 Å². The number of hydrogen-bond donors (Lipinski definition) is 3. The highest BCUT2D eigenvalue weighted by Gasteiger charge is 2.20. The van der Waals surface area contributed by atoms with E-state index < -0.39 is 12.1 Å². The molecule has 0 heterocycles. The summed E-state index contributed by atoms with van der Waals surface area (Å²) >= 11 is 0. The molecule has 0 aliphatic rings. The number of nitrogens with one attached hydrogen (secondary N) is 1. The lowest BCUT2D eigenvalue weighted by Gasteiger charge is -2.22. The molecule has 0 aromatic rings. The minimum Gasteiger partial charge on any atom is -0.394 e. The van der Waals surface area contributed by atoms with Crippen molar-refractivity contribution in [3.8, 4) is 0 Å². The van der Waals surface area contributed by atoms with Crippen LogP contribution in [-0.2, 0) is 4.79 Å². The van der Waals surface area contributed by atoms with Crippen molar-refractivity contribution in [3.05, 3.63) is 85.1 Å². The van der Waals surface area contributed by atoms with Gasteiger partial charge in [-0.15, -0.1) is 0 Å². The van der Waals surface area contributed by atoms with Crippen molar-refractivity contribution in [2.24, 2.45) is 0 Å². The highest BCUT2D eigenvalue weighted by atomic mass is 16.3. The average molecular weight is 961 g/mol. The lowest BCUT2D eigenvalue weighted by Crippen LogP contribution is -2.45. The van der Waals surface area contributed by atoms with Gasteiger partial charge in [0.05, 0.1) is 18.8 Å². The number of aliphatic hydroxyl groups is 2. The fourth-order valence-electron chi connectivity index (χ4n) is 9.11. The van der Waals surface area contributed by atoms with Crippen molar-refractivity contribution in [1.82, 2.24) is 5.32 Å². The van der Waals surface area contributed by atoms with Gasteiger partial charge in [-0.1, -0.05) is 311 Å². The van der Waals surface area contributed by atoms with Crippen molar-refractivity contribution in [2.45, 2.75) is 315 Å². The lowest BCUT2D eigenvalue weighted by atomic mass is 10.0. The molecular formula is C65H117NO3. The molecule has 0 aliphatic carbocycles. The topological polar surface area (TPSA) is 69.6 Å². The monoisotopic (exact) mass is 960 g/mol. The molecule has 69 heavy (non-hydrogen) atoms. The molecule has 1 amide bonds. The Morgan fingerprint density at radius 1 is 0.362 bits per heavy atom. The van der Waals surface area contributed by atoms with Crippen LogP contribution in [0, 0.1) is 0 Å². The lowest BCUT2D eigenvalue weighted by molar-refractivity contribution is -0.123. The summed E-state index contributed by atoms with van der Waals surface area (Å²) < 4.78 is 0. The molecule has 0 aromatic heterocycles. The molecule has 2 unspecified atom stereocenters. The SMILES string of the molecule is CC/C=C\C/C=C\C/C=C\C/C=C\C/C=C\C/C=C\C/C=C\CCCCCC(=O)NC(CO)C(O)CCCCCCCCCCCCCCCCCCCCCCCCCCCCCCCCCC. The predicted octanol–water partition coefficient (Wildman–Crippen LogP) is 20.3. The Labute approximate surface area is 431 Å². The van der Waals surface area contributed by atoms with E-state index in [0.29, 0.717) is 12.8 Å². The smallest absolute Gasteiger partial charge is 0.220 e. The zero-order valence-corrected chi connectivity index (χ0v) is 46.1. The number of carbonyl (C=O) groups is 1. The van der Waals surface area contributed by atoms with Gasteiger partial charge in [-0.2, -0.15) is 0 Å². The van der Waals surface area contributed by atoms with Gasteiger partial charge in [0.2, 0.25) is 5.91 Å². The highest BCUT2D eigenvalue weighted by Crippen LogP contribution is 2.18. The van der Waals surface area contributed by atoms with Crippen LogP contribution in [0.15, 0.2) is 85.1 Å². The maximum absolute atomic E-state index is 12.5. The van der Waals surface area contributed by atoms with Crippen LogP contribution in [0.5, 0.6) is 0 Å². The van der Waals surface area contributed by atoms with Gasteiger partial charge in [0.1, 0.15) is 0 Å². The van der Waals surface area contributed by atoms with E-state index in [0.717, 1.165) is 83.5 Å². The Balaban J connectivity index is 3.51. The molecule has 3 N–H and O–H groups in total. The Kier molecular flexibility index (Phi) is 57.8. The number of rotatable bonds is 55. The van der Waals surface area contributed by atoms with Crippen molar-refractivity contribution >= 4 is 5.91 Å². The van der Waals surface area contributed by atoms with Gasteiger partial charge in [-0.05, 0) is 70.6 Å². The van der Waals surface area contributed by atoms with Gasteiger partial charge in [0.25, 0.3) is 0 Å². The molecule has 0 rings (SSSR count). The standard InChI is InChI=1S/C65H117NO3/c1-3-5-7-9-11-13-15-17-19-21-23-25-27-29-30-31-32-33-34-35-37-38-40-42-44-46-48-50-52-54-56-58-60-64(68)63(62-67)66-65(69)61-59-57-55-53-51-49-47-45-43-41-39-36-28-26-24-22-20-18-16-14-12-10-8-6-4-2/h6,8,12,14,18,20,24,26,36,39,43,45,49,51,63-64,67-68H,3-5,7,9-11,13,15-17,19,21-23,25,27-35,37-38,40-42,44,46-48,50,52-62H2,1-2H3,(H,66,69)/b8-6-,14-12-,20-18-,26-24-,39-36-,45-43-,51-49-. The van der Waals surface area contributed by atoms with E-state index >= 15 is 0 Å². The van der Waals surface area contributed by atoms with E-state index in [1.807, 2.05) is 0 Å². The van der Waals surface area contributed by atoms with Gasteiger partial charge >= 0.3 is 0 Å². The van der Waals surface area contributed by atoms with E-state index in [-0.39, 0.29) is 12.5 Å². The molecule has 0 aromatic carbocycles. The summed E-state index contributed by atoms with van der Waals surface area (Å²) in [5.41, 5.74) is 0. The van der Waals surface area contributed by atoms with Crippen molar-refractivity contribution in [1.29, 1.82) is 0 Å². The quantitative estimate of drug-likeness (QED) is 0.0420. The molecule has 400 valence electrons. The van der Waals surface area contributed by atoms with Crippen LogP contribution in [0.1, 0.15) is 303 Å². The van der Waals surface area contributed by atoms with E-state index in [1.165, 1.54) is 193 Å². The first-order valence-corrected chi connectivity index (χ1v) is 30.3. The number of aliphatic hydroxyl groups excluding tert-OH is 2. The fourth-order valence-corrected chi connectivity index (χ4v) is 9.11. The zero-order chi connectivity index (χ0) is 49.9. The third-order valence-electron chi connectivity index (χ3n) is 13.7. The summed E-state index contributed by atoms with van der Waals surface area (Å²) in [7, 11) is 0. The minimum atomic E-state index is -0.682. The molecule has 4 nitrogen and oxygen atoms in total. The number of allylic oxidation sites excluding steroid dienone is 14. The first-order chi connectivity index (χ1) is 34.2. The molecule has 0 aliphatic heterocycles. The van der Waals surface area contributed by atoms with Crippen LogP contribution >= 0.6 is 0 Å². The van der Waals surface area contributed by atoms with Crippen molar-refractivity contribution < 1.29 is 15.0 Å². The Morgan fingerprint density at radius 2 is 0.638 bits per heavy atom. The van der Waals surface area contributed by atoms with Crippen LogP contribution in [0.2, 0.25) is 0 Å². The first kappa shape index (κ1) is 66.6. The number of unbranched alkanes of at least 4 members (excludes halogenated alkanes) is 34. The number of hydrogen-bond acceptors (Lipinski definition) is 3.